The standard InChI is InChI=1S/C19H21NO4S/c1-11-7-8-14(12(2)9-11)24-10-16(21)20-18-17(19(22)23-3)13-5-4-6-15(13)25-18/h7-9H,4-6,10H2,1-3H3,(H,20,21). The summed E-state index contributed by atoms with van der Waals surface area (Å²) < 4.78 is 10.5. The number of anilines is 1. The summed E-state index contributed by atoms with van der Waals surface area (Å²) in [5.74, 6) is -0.00216. The molecule has 25 heavy (non-hydrogen) atoms. The third-order valence-electron chi connectivity index (χ3n) is 4.25. The van der Waals surface area contributed by atoms with Crippen LogP contribution in [0, 0.1) is 13.8 Å². The zero-order chi connectivity index (χ0) is 18.0. The van der Waals surface area contributed by atoms with Crippen LogP contribution in [-0.2, 0) is 22.4 Å². The second-order valence-corrected chi connectivity index (χ2v) is 7.26. The first-order valence-electron chi connectivity index (χ1n) is 8.22. The van der Waals surface area contributed by atoms with Gasteiger partial charge in [0.2, 0.25) is 0 Å². The van der Waals surface area contributed by atoms with E-state index in [2.05, 4.69) is 5.32 Å². The molecule has 0 unspecified atom stereocenters. The molecule has 5 nitrogen and oxygen atoms in total. The Labute approximate surface area is 151 Å². The molecule has 2 aromatic rings. The number of amides is 1. The van der Waals surface area contributed by atoms with Crippen molar-refractivity contribution in [1.29, 1.82) is 0 Å². The lowest BCUT2D eigenvalue weighted by molar-refractivity contribution is -0.118. The number of ether oxygens (including phenoxy) is 2. The molecule has 132 valence electrons. The Kier molecular flexibility index (Phi) is 5.08. The summed E-state index contributed by atoms with van der Waals surface area (Å²) >= 11 is 1.46. The number of hydrogen-bond donors (Lipinski definition) is 1. The van der Waals surface area contributed by atoms with Gasteiger partial charge in [-0.1, -0.05) is 17.7 Å². The first kappa shape index (κ1) is 17.5. The van der Waals surface area contributed by atoms with Crippen molar-refractivity contribution in [2.45, 2.75) is 33.1 Å². The van der Waals surface area contributed by atoms with E-state index in [9.17, 15) is 9.59 Å². The molecule has 0 bridgehead atoms. The van der Waals surface area contributed by atoms with Gasteiger partial charge in [-0.15, -0.1) is 11.3 Å². The van der Waals surface area contributed by atoms with E-state index in [1.165, 1.54) is 18.4 Å². The van der Waals surface area contributed by atoms with E-state index < -0.39 is 5.97 Å². The maximum absolute atomic E-state index is 12.3. The highest BCUT2D eigenvalue weighted by atomic mass is 32.1. The van der Waals surface area contributed by atoms with Crippen LogP contribution in [0.4, 0.5) is 5.00 Å². The van der Waals surface area contributed by atoms with Crippen molar-refractivity contribution in [2.75, 3.05) is 19.0 Å². The summed E-state index contributed by atoms with van der Waals surface area (Å²) in [4.78, 5) is 25.5. The van der Waals surface area contributed by atoms with E-state index in [1.807, 2.05) is 32.0 Å². The van der Waals surface area contributed by atoms with Gasteiger partial charge in [0, 0.05) is 4.88 Å². The molecular weight excluding hydrogens is 338 g/mol. The number of aryl methyl sites for hydroxylation is 3. The predicted molar refractivity (Wildman–Crippen MR) is 97.7 cm³/mol. The molecule has 1 aromatic heterocycles. The largest absolute Gasteiger partial charge is 0.483 e. The fourth-order valence-electron chi connectivity index (χ4n) is 3.08. The predicted octanol–water partition coefficient (Wildman–Crippen LogP) is 3.66. The molecule has 0 atom stereocenters. The van der Waals surface area contributed by atoms with Gasteiger partial charge in [0.25, 0.3) is 5.91 Å². The average Bonchev–Trinajstić information content (AvgIpc) is 3.14. The Balaban J connectivity index is 1.70. The Morgan fingerprint density at radius 2 is 2.04 bits per heavy atom. The van der Waals surface area contributed by atoms with Crippen LogP contribution in [0.5, 0.6) is 5.75 Å². The van der Waals surface area contributed by atoms with Crippen molar-refractivity contribution in [3.05, 3.63) is 45.3 Å². The van der Waals surface area contributed by atoms with E-state index in [0.717, 1.165) is 40.8 Å². The van der Waals surface area contributed by atoms with Gasteiger partial charge in [0.1, 0.15) is 10.8 Å². The quantitative estimate of drug-likeness (QED) is 0.828. The van der Waals surface area contributed by atoms with Gasteiger partial charge in [-0.2, -0.15) is 0 Å². The summed E-state index contributed by atoms with van der Waals surface area (Å²) in [6.45, 7) is 3.85. The van der Waals surface area contributed by atoms with Crippen LogP contribution < -0.4 is 10.1 Å². The molecule has 0 saturated heterocycles. The summed E-state index contributed by atoms with van der Waals surface area (Å²) in [7, 11) is 1.36. The number of methoxy groups -OCH3 is 1. The summed E-state index contributed by atoms with van der Waals surface area (Å²) in [5, 5.41) is 3.37. The van der Waals surface area contributed by atoms with Gasteiger partial charge >= 0.3 is 5.97 Å². The molecule has 6 heteroatoms. The fourth-order valence-corrected chi connectivity index (χ4v) is 4.37. The normalized spacial score (nSPS) is 12.6. The summed E-state index contributed by atoms with van der Waals surface area (Å²) in [6, 6.07) is 5.81. The van der Waals surface area contributed by atoms with E-state index >= 15 is 0 Å². The van der Waals surface area contributed by atoms with Crippen molar-refractivity contribution in [1.82, 2.24) is 0 Å². The van der Waals surface area contributed by atoms with Crippen LogP contribution in [0.15, 0.2) is 18.2 Å². The third-order valence-corrected chi connectivity index (χ3v) is 5.46. The van der Waals surface area contributed by atoms with Gasteiger partial charge in [0.05, 0.1) is 12.7 Å². The third kappa shape index (κ3) is 3.69. The SMILES string of the molecule is COC(=O)c1c(NC(=O)COc2ccc(C)cc2C)sc2c1CCC2. The highest BCUT2D eigenvalue weighted by Gasteiger charge is 2.28. The maximum atomic E-state index is 12.3. The topological polar surface area (TPSA) is 64.6 Å². The summed E-state index contributed by atoms with van der Waals surface area (Å²) in [5.41, 5.74) is 3.64. The van der Waals surface area contributed by atoms with Crippen molar-refractivity contribution in [3.8, 4) is 5.75 Å². The first-order chi connectivity index (χ1) is 12.0. The minimum Gasteiger partial charge on any atom is -0.483 e. The highest BCUT2D eigenvalue weighted by molar-refractivity contribution is 7.17. The van der Waals surface area contributed by atoms with E-state index in [4.69, 9.17) is 9.47 Å². The molecule has 0 saturated carbocycles. The van der Waals surface area contributed by atoms with Crippen LogP contribution in [0.25, 0.3) is 0 Å². The second-order valence-electron chi connectivity index (χ2n) is 6.16. The molecule has 1 aromatic carbocycles. The number of carbonyl (C=O) groups is 2. The number of fused-ring (bicyclic) bond motifs is 1. The molecule has 3 rings (SSSR count). The number of thiophene rings is 1. The zero-order valence-electron chi connectivity index (χ0n) is 14.6. The van der Waals surface area contributed by atoms with Crippen LogP contribution in [0.1, 0.15) is 38.3 Å². The monoisotopic (exact) mass is 359 g/mol. The molecular formula is C19H21NO4S. The first-order valence-corrected chi connectivity index (χ1v) is 9.04. The number of carbonyl (C=O) groups excluding carboxylic acids is 2. The summed E-state index contributed by atoms with van der Waals surface area (Å²) in [6.07, 6.45) is 2.83. The van der Waals surface area contributed by atoms with Crippen molar-refractivity contribution in [3.63, 3.8) is 0 Å². The Morgan fingerprint density at radius 3 is 2.76 bits per heavy atom. The smallest absolute Gasteiger partial charge is 0.341 e. The number of esters is 1. The Bertz CT molecular complexity index is 825. The minimum atomic E-state index is -0.398. The maximum Gasteiger partial charge on any atom is 0.341 e. The highest BCUT2D eigenvalue weighted by Crippen LogP contribution is 2.39. The van der Waals surface area contributed by atoms with Crippen molar-refractivity contribution >= 4 is 28.2 Å². The van der Waals surface area contributed by atoms with E-state index in [-0.39, 0.29) is 12.5 Å². The minimum absolute atomic E-state index is 0.104. The molecule has 1 N–H and O–H groups in total. The number of rotatable bonds is 5. The second kappa shape index (κ2) is 7.27. The lowest BCUT2D eigenvalue weighted by atomic mass is 10.1. The number of hydrogen-bond acceptors (Lipinski definition) is 5. The van der Waals surface area contributed by atoms with Crippen LogP contribution in [0.3, 0.4) is 0 Å². The average molecular weight is 359 g/mol. The fraction of sp³-hybridized carbons (Fsp3) is 0.368. The van der Waals surface area contributed by atoms with E-state index in [0.29, 0.717) is 16.3 Å². The van der Waals surface area contributed by atoms with Gasteiger partial charge in [-0.3, -0.25) is 4.79 Å². The van der Waals surface area contributed by atoms with Crippen LogP contribution >= 0.6 is 11.3 Å². The van der Waals surface area contributed by atoms with Crippen LogP contribution in [0.2, 0.25) is 0 Å². The number of nitrogens with one attached hydrogen (secondary N) is 1. The van der Waals surface area contributed by atoms with Crippen molar-refractivity contribution < 1.29 is 19.1 Å². The molecule has 1 aliphatic rings. The lowest BCUT2D eigenvalue weighted by Crippen LogP contribution is -2.21. The van der Waals surface area contributed by atoms with Gasteiger partial charge < -0.3 is 14.8 Å². The molecule has 1 heterocycles. The molecule has 0 fully saturated rings. The van der Waals surface area contributed by atoms with E-state index in [1.54, 1.807) is 0 Å². The van der Waals surface area contributed by atoms with Gasteiger partial charge in [-0.25, -0.2) is 4.79 Å². The molecule has 0 aliphatic heterocycles. The molecule has 0 radical (unpaired) electrons. The Morgan fingerprint density at radius 1 is 1.24 bits per heavy atom. The molecule has 1 aliphatic carbocycles. The van der Waals surface area contributed by atoms with Crippen LogP contribution in [-0.4, -0.2) is 25.6 Å². The molecule has 1 amide bonds. The van der Waals surface area contributed by atoms with Gasteiger partial charge in [0.15, 0.2) is 6.61 Å². The molecule has 0 spiro atoms. The number of benzene rings is 1. The Hall–Kier alpha value is -2.34. The zero-order valence-corrected chi connectivity index (χ0v) is 15.4. The lowest BCUT2D eigenvalue weighted by Gasteiger charge is -2.10. The van der Waals surface area contributed by atoms with Crippen molar-refractivity contribution in [2.24, 2.45) is 0 Å². The van der Waals surface area contributed by atoms with Gasteiger partial charge in [-0.05, 0) is 50.3 Å².